The predicted molar refractivity (Wildman–Crippen MR) is 133 cm³/mol. The zero-order chi connectivity index (χ0) is 24.8. The summed E-state index contributed by atoms with van der Waals surface area (Å²) in [5, 5.41) is 2.95. The molecule has 188 valence electrons. The summed E-state index contributed by atoms with van der Waals surface area (Å²) in [4.78, 5) is 12.4. The second-order valence-electron chi connectivity index (χ2n) is 9.03. The lowest BCUT2D eigenvalue weighted by Crippen LogP contribution is -2.24. The third kappa shape index (κ3) is 9.88. The Labute approximate surface area is 202 Å². The molecule has 1 amide bonds. The first-order valence-electron chi connectivity index (χ1n) is 12.6. The van der Waals surface area contributed by atoms with Gasteiger partial charge in [0.05, 0.1) is 5.56 Å². The van der Waals surface area contributed by atoms with Crippen LogP contribution in [0.4, 0.5) is 13.2 Å². The van der Waals surface area contributed by atoms with E-state index in [9.17, 15) is 18.0 Å². The Morgan fingerprint density at radius 1 is 0.853 bits per heavy atom. The largest absolute Gasteiger partial charge is 0.416 e. The maximum absolute atomic E-state index is 13.2. The monoisotopic (exact) mass is 476 g/mol. The van der Waals surface area contributed by atoms with Crippen molar-refractivity contribution in [3.63, 3.8) is 0 Å². The second kappa shape index (κ2) is 14.8. The molecule has 3 nitrogen and oxygen atoms in total. The van der Waals surface area contributed by atoms with Gasteiger partial charge in [-0.15, -0.1) is 0 Å². The highest BCUT2D eigenvalue weighted by Gasteiger charge is 2.34. The number of halogens is 3. The number of carbonyl (C=O) groups is 1. The third-order valence-electron chi connectivity index (χ3n) is 6.15. The van der Waals surface area contributed by atoms with Crippen LogP contribution < -0.4 is 11.1 Å². The van der Waals surface area contributed by atoms with Crippen molar-refractivity contribution in [3.8, 4) is 0 Å². The molecule has 1 atom stereocenters. The van der Waals surface area contributed by atoms with Gasteiger partial charge in [-0.25, -0.2) is 0 Å². The van der Waals surface area contributed by atoms with E-state index in [4.69, 9.17) is 5.73 Å². The molecule has 2 aromatic rings. The van der Waals surface area contributed by atoms with E-state index in [1.165, 1.54) is 63.5 Å². The maximum atomic E-state index is 13.2. The Balaban J connectivity index is 1.70. The number of nitrogens with one attached hydrogen (secondary N) is 1. The number of unbranched alkanes of at least 4 members (excludes halogenated alkanes) is 9. The first kappa shape index (κ1) is 27.9. The number of hydrogen-bond donors (Lipinski definition) is 2. The fourth-order valence-corrected chi connectivity index (χ4v) is 4.15. The Morgan fingerprint density at radius 3 is 2.00 bits per heavy atom. The van der Waals surface area contributed by atoms with E-state index >= 15 is 0 Å². The third-order valence-corrected chi connectivity index (χ3v) is 6.15. The van der Waals surface area contributed by atoms with Crippen LogP contribution >= 0.6 is 0 Å². The fourth-order valence-electron chi connectivity index (χ4n) is 4.15. The molecular weight excluding hydrogens is 437 g/mol. The van der Waals surface area contributed by atoms with Crippen LogP contribution in [-0.4, -0.2) is 12.5 Å². The van der Waals surface area contributed by atoms with Crippen LogP contribution in [-0.2, 0) is 12.6 Å². The van der Waals surface area contributed by atoms with Crippen LogP contribution in [0.5, 0.6) is 0 Å². The normalized spacial score (nSPS) is 12.5. The zero-order valence-corrected chi connectivity index (χ0v) is 20.3. The van der Waals surface area contributed by atoms with Crippen molar-refractivity contribution in [3.05, 3.63) is 70.8 Å². The highest BCUT2D eigenvalue weighted by Crippen LogP contribution is 2.34. The number of benzene rings is 2. The summed E-state index contributed by atoms with van der Waals surface area (Å²) in [6.45, 7) is 2.88. The molecule has 1 unspecified atom stereocenters. The Hall–Kier alpha value is -2.34. The molecule has 0 aliphatic carbocycles. The van der Waals surface area contributed by atoms with E-state index in [0.29, 0.717) is 12.1 Å². The van der Waals surface area contributed by atoms with Crippen molar-refractivity contribution >= 4 is 5.91 Å². The molecule has 2 rings (SSSR count). The molecule has 2 aromatic carbocycles. The molecular formula is C28H39F3N2O. The van der Waals surface area contributed by atoms with E-state index in [1.807, 2.05) is 0 Å². The SMILES string of the molecule is CCCCCCCCCCCCNC(=O)c1ccc(CC(N)c2ccccc2C(F)(F)F)cc1. The molecule has 34 heavy (non-hydrogen) atoms. The van der Waals surface area contributed by atoms with Crippen LogP contribution in [0.2, 0.25) is 0 Å². The molecule has 0 aromatic heterocycles. The molecule has 0 aliphatic rings. The van der Waals surface area contributed by atoms with Gasteiger partial charge in [0.2, 0.25) is 0 Å². The highest BCUT2D eigenvalue weighted by atomic mass is 19.4. The van der Waals surface area contributed by atoms with Crippen LogP contribution in [0.15, 0.2) is 48.5 Å². The summed E-state index contributed by atoms with van der Waals surface area (Å²) in [5.74, 6) is -0.130. The minimum atomic E-state index is -4.44. The van der Waals surface area contributed by atoms with E-state index in [1.54, 1.807) is 30.3 Å². The smallest absolute Gasteiger partial charge is 0.352 e. The number of amides is 1. The minimum absolute atomic E-state index is 0.0771. The van der Waals surface area contributed by atoms with E-state index in [0.717, 1.165) is 24.5 Å². The van der Waals surface area contributed by atoms with Gasteiger partial charge in [0.1, 0.15) is 0 Å². The van der Waals surface area contributed by atoms with Crippen molar-refractivity contribution in [2.45, 2.75) is 89.8 Å². The summed E-state index contributed by atoms with van der Waals surface area (Å²) in [6, 6.07) is 11.5. The van der Waals surface area contributed by atoms with Crippen LogP contribution in [0.1, 0.15) is 104 Å². The van der Waals surface area contributed by atoms with Crippen molar-refractivity contribution < 1.29 is 18.0 Å². The summed E-state index contributed by atoms with van der Waals surface area (Å²) in [7, 11) is 0. The van der Waals surface area contributed by atoms with Gasteiger partial charge in [0.15, 0.2) is 0 Å². The summed E-state index contributed by atoms with van der Waals surface area (Å²) >= 11 is 0. The molecule has 3 N–H and O–H groups in total. The van der Waals surface area contributed by atoms with Gasteiger partial charge < -0.3 is 11.1 Å². The molecule has 0 saturated carbocycles. The average Bonchev–Trinajstić information content (AvgIpc) is 2.82. The first-order valence-corrected chi connectivity index (χ1v) is 12.6. The fraction of sp³-hybridized carbons (Fsp3) is 0.536. The van der Waals surface area contributed by atoms with Gasteiger partial charge >= 0.3 is 6.18 Å². The zero-order valence-electron chi connectivity index (χ0n) is 20.3. The van der Waals surface area contributed by atoms with E-state index < -0.39 is 17.8 Å². The van der Waals surface area contributed by atoms with Gasteiger partial charge in [-0.1, -0.05) is 95.0 Å². The quantitative estimate of drug-likeness (QED) is 0.260. The van der Waals surface area contributed by atoms with Crippen LogP contribution in [0.3, 0.4) is 0 Å². The molecule has 0 aliphatic heterocycles. The number of rotatable bonds is 15. The van der Waals surface area contributed by atoms with Crippen molar-refractivity contribution in [1.29, 1.82) is 0 Å². The Morgan fingerprint density at radius 2 is 1.41 bits per heavy atom. The Kier molecular flexibility index (Phi) is 12.2. The molecule has 0 heterocycles. The van der Waals surface area contributed by atoms with Gasteiger partial charge in [-0.2, -0.15) is 13.2 Å². The van der Waals surface area contributed by atoms with Gasteiger partial charge in [0.25, 0.3) is 5.91 Å². The number of hydrogen-bond acceptors (Lipinski definition) is 2. The standard InChI is InChI=1S/C28H39F3N2O/c1-2-3-4-5-6-7-8-9-10-13-20-33-27(34)23-18-16-22(17-19-23)21-26(32)24-14-11-12-15-25(24)28(29,30)31/h11-12,14-19,26H,2-10,13,20-21,32H2,1H3,(H,33,34). The van der Waals surface area contributed by atoms with Crippen molar-refractivity contribution in [2.24, 2.45) is 5.73 Å². The van der Waals surface area contributed by atoms with Gasteiger partial charge in [-0.05, 0) is 42.2 Å². The number of carbonyl (C=O) groups excluding carboxylic acids is 1. The maximum Gasteiger partial charge on any atom is 0.416 e. The first-order chi connectivity index (χ1) is 16.3. The topological polar surface area (TPSA) is 55.1 Å². The van der Waals surface area contributed by atoms with Gasteiger partial charge in [0, 0.05) is 18.2 Å². The lowest BCUT2D eigenvalue weighted by atomic mass is 9.95. The second-order valence-corrected chi connectivity index (χ2v) is 9.03. The molecule has 0 spiro atoms. The molecule has 0 radical (unpaired) electrons. The summed E-state index contributed by atoms with van der Waals surface area (Å²) in [6.07, 6.45) is 8.30. The predicted octanol–water partition coefficient (Wildman–Crippen LogP) is 7.60. The van der Waals surface area contributed by atoms with Crippen molar-refractivity contribution in [1.82, 2.24) is 5.32 Å². The lowest BCUT2D eigenvalue weighted by molar-refractivity contribution is -0.138. The Bertz CT molecular complexity index is 849. The molecule has 0 saturated heterocycles. The van der Waals surface area contributed by atoms with E-state index in [-0.39, 0.29) is 17.9 Å². The summed E-state index contributed by atoms with van der Waals surface area (Å²) < 4.78 is 39.7. The lowest BCUT2D eigenvalue weighted by Gasteiger charge is -2.18. The van der Waals surface area contributed by atoms with Crippen molar-refractivity contribution in [2.75, 3.05) is 6.54 Å². The van der Waals surface area contributed by atoms with Gasteiger partial charge in [-0.3, -0.25) is 4.79 Å². The molecule has 6 heteroatoms. The minimum Gasteiger partial charge on any atom is -0.352 e. The molecule has 0 bridgehead atoms. The van der Waals surface area contributed by atoms with Crippen LogP contribution in [0.25, 0.3) is 0 Å². The highest BCUT2D eigenvalue weighted by molar-refractivity contribution is 5.94. The number of nitrogens with two attached hydrogens (primary N) is 1. The average molecular weight is 477 g/mol. The van der Waals surface area contributed by atoms with E-state index in [2.05, 4.69) is 12.2 Å². The van der Waals surface area contributed by atoms with Crippen LogP contribution in [0, 0.1) is 0 Å². The summed E-state index contributed by atoms with van der Waals surface area (Å²) in [5.41, 5.74) is 6.80. The number of alkyl halides is 3. The molecule has 0 fully saturated rings.